The van der Waals surface area contributed by atoms with Gasteiger partial charge in [-0.05, 0) is 106 Å². The summed E-state index contributed by atoms with van der Waals surface area (Å²) in [6.07, 6.45) is -1.08. The van der Waals surface area contributed by atoms with Gasteiger partial charge in [-0.15, -0.1) is 22.7 Å². The molecule has 0 saturated carbocycles. The molecule has 3 heterocycles. The first kappa shape index (κ1) is 40.3. The van der Waals surface area contributed by atoms with Gasteiger partial charge in [-0.2, -0.15) is 0 Å². The van der Waals surface area contributed by atoms with E-state index in [0.717, 1.165) is 30.7 Å². The van der Waals surface area contributed by atoms with Crippen LogP contribution in [-0.4, -0.2) is 88.0 Å². The average molecular weight is 809 g/mol. The lowest BCUT2D eigenvalue weighted by atomic mass is 10.0. The largest absolute Gasteiger partial charge is 0.444 e. The second-order valence-corrected chi connectivity index (χ2v) is 18.7. The van der Waals surface area contributed by atoms with Gasteiger partial charge in [0.2, 0.25) is 5.91 Å². The number of thiophene rings is 1. The fourth-order valence-electron chi connectivity index (χ4n) is 5.22. The van der Waals surface area contributed by atoms with Gasteiger partial charge in [-0.1, -0.05) is 15.9 Å². The molecule has 3 aromatic rings. The van der Waals surface area contributed by atoms with E-state index in [1.807, 2.05) is 52.8 Å². The number of carbonyl (C=O) groups excluding carboxylic acids is 4. The predicted octanol–water partition coefficient (Wildman–Crippen LogP) is 8.58. The number of hydrogen-bond donors (Lipinski definition) is 1. The molecule has 1 aliphatic rings. The number of amides is 4. The van der Waals surface area contributed by atoms with E-state index in [-0.39, 0.29) is 32.2 Å². The molecule has 0 aliphatic carbocycles. The molecule has 0 bridgehead atoms. The third-order valence-electron chi connectivity index (χ3n) is 7.34. The summed E-state index contributed by atoms with van der Waals surface area (Å²) >= 11 is 6.38. The highest BCUT2D eigenvalue weighted by atomic mass is 79.9. The second kappa shape index (κ2) is 15.7. The quantitative estimate of drug-likeness (QED) is 0.224. The van der Waals surface area contributed by atoms with E-state index in [2.05, 4.69) is 21.2 Å². The molecule has 0 fully saturated rings. The van der Waals surface area contributed by atoms with Crippen molar-refractivity contribution in [2.75, 3.05) is 31.1 Å². The summed E-state index contributed by atoms with van der Waals surface area (Å²) in [5.41, 5.74) is 0.346. The van der Waals surface area contributed by atoms with E-state index >= 15 is 0 Å². The molecule has 1 aromatic carbocycles. The third kappa shape index (κ3) is 11.0. The number of benzene rings is 1. The first-order valence-corrected chi connectivity index (χ1v) is 19.4. The Balaban J connectivity index is 1.71. The Bertz CT molecular complexity index is 1770. The summed E-state index contributed by atoms with van der Waals surface area (Å²) < 4.78 is 19.0. The normalized spacial score (nSPS) is 13.5. The van der Waals surface area contributed by atoms with Crippen LogP contribution in [0.25, 0.3) is 20.8 Å². The number of halogens is 1. The van der Waals surface area contributed by atoms with Crippen LogP contribution in [0.4, 0.5) is 19.4 Å². The minimum atomic E-state index is -0.844. The Morgan fingerprint density at radius 1 is 0.941 bits per heavy atom. The molecule has 0 atom stereocenters. The van der Waals surface area contributed by atoms with Crippen LogP contribution in [0.1, 0.15) is 86.6 Å². The highest BCUT2D eigenvalue weighted by Crippen LogP contribution is 2.48. The van der Waals surface area contributed by atoms with Crippen molar-refractivity contribution in [3.63, 3.8) is 0 Å². The topological polar surface area (TPSA) is 131 Å². The number of nitrogens with zero attached hydrogens (tertiary/aromatic N) is 4. The molecule has 51 heavy (non-hydrogen) atoms. The molecular weight excluding hydrogens is 758 g/mol. The van der Waals surface area contributed by atoms with Crippen molar-refractivity contribution >= 4 is 78.0 Å². The van der Waals surface area contributed by atoms with Crippen LogP contribution >= 0.6 is 38.6 Å². The molecule has 280 valence electrons. The molecule has 4 rings (SSSR count). The molecule has 12 nitrogen and oxygen atoms in total. The van der Waals surface area contributed by atoms with E-state index in [9.17, 15) is 19.2 Å². The van der Waals surface area contributed by atoms with E-state index in [1.165, 1.54) is 27.6 Å². The maximum Gasteiger partial charge on any atom is 0.415 e. The monoisotopic (exact) mass is 807 g/mol. The standard InChI is InChI=1S/C36H50BrN5O7S2/c1-21(2)41(32(45)48-35(6,7)8)17-15-38-27(43)20-42(33(46)49-36(9,10)11)30-28(29-39-24-13-12-22(37)18-25(24)50-29)23-14-16-40(19-26(23)51-30)31(44)47-34(3,4)5/h12-13,18,21H,14-17,19-20H2,1-11H3,(H,38,43). The van der Waals surface area contributed by atoms with Crippen molar-refractivity contribution < 1.29 is 33.4 Å². The van der Waals surface area contributed by atoms with Crippen molar-refractivity contribution in [3.05, 3.63) is 33.1 Å². The summed E-state index contributed by atoms with van der Waals surface area (Å²) in [7, 11) is 0. The minimum absolute atomic E-state index is 0.143. The van der Waals surface area contributed by atoms with Gasteiger partial charge in [0.1, 0.15) is 33.4 Å². The van der Waals surface area contributed by atoms with Gasteiger partial charge >= 0.3 is 18.3 Å². The SMILES string of the molecule is CC(C)N(CCNC(=O)CN(C(=O)OC(C)(C)C)c1sc2c(c1-c1nc3ccc(Br)cc3s1)CCN(C(=O)OC(C)(C)C)C2)C(=O)OC(C)(C)C. The van der Waals surface area contributed by atoms with Crippen molar-refractivity contribution in [1.82, 2.24) is 20.1 Å². The highest BCUT2D eigenvalue weighted by molar-refractivity contribution is 9.10. The summed E-state index contributed by atoms with van der Waals surface area (Å²) in [5, 5.41) is 4.08. The zero-order valence-electron chi connectivity index (χ0n) is 31.4. The summed E-state index contributed by atoms with van der Waals surface area (Å²) in [5.74, 6) is -0.435. The lowest BCUT2D eigenvalue weighted by molar-refractivity contribution is -0.119. The zero-order chi connectivity index (χ0) is 38.1. The van der Waals surface area contributed by atoms with E-state index in [1.54, 1.807) is 51.3 Å². The average Bonchev–Trinajstić information content (AvgIpc) is 3.55. The van der Waals surface area contributed by atoms with Crippen LogP contribution in [0.2, 0.25) is 0 Å². The van der Waals surface area contributed by atoms with Crippen LogP contribution in [0, 0.1) is 0 Å². The first-order valence-electron chi connectivity index (χ1n) is 17.0. The summed E-state index contributed by atoms with van der Waals surface area (Å²) in [6.45, 7) is 20.7. The van der Waals surface area contributed by atoms with Crippen molar-refractivity contribution in [1.29, 1.82) is 0 Å². The summed E-state index contributed by atoms with van der Waals surface area (Å²) in [6, 6.07) is 5.69. The molecule has 1 N–H and O–H groups in total. The lowest BCUT2D eigenvalue weighted by Crippen LogP contribution is -2.47. The fraction of sp³-hybridized carbons (Fsp3) is 0.583. The van der Waals surface area contributed by atoms with Crippen LogP contribution in [-0.2, 0) is 32.0 Å². The van der Waals surface area contributed by atoms with Gasteiger partial charge in [0.15, 0.2) is 0 Å². The van der Waals surface area contributed by atoms with Crippen molar-refractivity contribution in [2.45, 2.75) is 112 Å². The molecule has 15 heteroatoms. The fourth-order valence-corrected chi connectivity index (χ4v) is 8.23. The first-order chi connectivity index (χ1) is 23.5. The number of ether oxygens (including phenoxy) is 3. The summed E-state index contributed by atoms with van der Waals surface area (Å²) in [4.78, 5) is 63.9. The van der Waals surface area contributed by atoms with E-state index < -0.39 is 41.0 Å². The van der Waals surface area contributed by atoms with Crippen LogP contribution in [0.15, 0.2) is 22.7 Å². The molecule has 2 aromatic heterocycles. The third-order valence-corrected chi connectivity index (χ3v) is 10.1. The molecule has 0 spiro atoms. The number of aromatic nitrogens is 1. The Labute approximate surface area is 316 Å². The maximum atomic E-state index is 14.0. The van der Waals surface area contributed by atoms with Gasteiger partial charge in [0, 0.05) is 40.6 Å². The van der Waals surface area contributed by atoms with Crippen LogP contribution in [0.5, 0.6) is 0 Å². The number of thiazole rings is 1. The molecule has 4 amide bonds. The minimum Gasteiger partial charge on any atom is -0.444 e. The Morgan fingerprint density at radius 2 is 1.57 bits per heavy atom. The lowest BCUT2D eigenvalue weighted by Gasteiger charge is -2.30. The van der Waals surface area contributed by atoms with Crippen LogP contribution in [0.3, 0.4) is 0 Å². The van der Waals surface area contributed by atoms with Gasteiger partial charge < -0.3 is 29.3 Å². The number of rotatable bonds is 8. The zero-order valence-corrected chi connectivity index (χ0v) is 34.6. The highest BCUT2D eigenvalue weighted by Gasteiger charge is 2.36. The maximum absolute atomic E-state index is 14.0. The Kier molecular flexibility index (Phi) is 12.4. The van der Waals surface area contributed by atoms with Gasteiger partial charge in [-0.3, -0.25) is 9.69 Å². The number of hydrogen-bond acceptors (Lipinski definition) is 10. The van der Waals surface area contributed by atoms with E-state index in [4.69, 9.17) is 19.2 Å². The smallest absolute Gasteiger partial charge is 0.415 e. The number of nitrogens with one attached hydrogen (secondary N) is 1. The van der Waals surface area contributed by atoms with E-state index in [0.29, 0.717) is 23.0 Å². The predicted molar refractivity (Wildman–Crippen MR) is 206 cm³/mol. The van der Waals surface area contributed by atoms with Crippen LogP contribution < -0.4 is 10.2 Å². The second-order valence-electron chi connectivity index (χ2n) is 15.7. The molecule has 0 radical (unpaired) electrons. The molecule has 1 aliphatic heterocycles. The Morgan fingerprint density at radius 3 is 2.18 bits per heavy atom. The molecule has 0 saturated heterocycles. The molecule has 0 unspecified atom stereocenters. The van der Waals surface area contributed by atoms with Crippen molar-refractivity contribution in [2.24, 2.45) is 0 Å². The number of carbonyl (C=O) groups is 4. The van der Waals surface area contributed by atoms with Crippen molar-refractivity contribution in [3.8, 4) is 10.6 Å². The van der Waals surface area contributed by atoms with Gasteiger partial charge in [-0.25, -0.2) is 19.4 Å². The van der Waals surface area contributed by atoms with Gasteiger partial charge in [0.05, 0.1) is 16.8 Å². The molecular formula is C36H50BrN5O7S2. The Hall–Kier alpha value is -3.43. The van der Waals surface area contributed by atoms with Gasteiger partial charge in [0.25, 0.3) is 0 Å². The number of fused-ring (bicyclic) bond motifs is 2. The number of anilines is 1.